The van der Waals surface area contributed by atoms with E-state index in [1.54, 1.807) is 0 Å². The molecule has 0 saturated heterocycles. The van der Waals surface area contributed by atoms with Gasteiger partial charge in [-0.05, 0) is 54.5 Å². The van der Waals surface area contributed by atoms with Crippen molar-refractivity contribution in [1.29, 1.82) is 10.5 Å². The van der Waals surface area contributed by atoms with E-state index in [2.05, 4.69) is 49.8 Å². The monoisotopic (exact) mass is 291 g/mol. The predicted molar refractivity (Wildman–Crippen MR) is 88.5 cm³/mol. The number of nitriles is 2. The van der Waals surface area contributed by atoms with Crippen LogP contribution in [0.25, 0.3) is 6.08 Å². The maximum atomic E-state index is 9.10. The number of allylic oxidation sites excluding steroid dienone is 5. The van der Waals surface area contributed by atoms with Gasteiger partial charge in [0.2, 0.25) is 0 Å². The van der Waals surface area contributed by atoms with Gasteiger partial charge in [-0.25, -0.2) is 0 Å². The van der Waals surface area contributed by atoms with Gasteiger partial charge < -0.3 is 4.57 Å². The maximum absolute atomic E-state index is 9.10. The molecule has 0 fully saturated rings. The van der Waals surface area contributed by atoms with Crippen molar-refractivity contribution in [3.05, 3.63) is 52.9 Å². The highest BCUT2D eigenvalue weighted by Gasteiger charge is 2.26. The van der Waals surface area contributed by atoms with Crippen molar-refractivity contribution >= 4 is 6.08 Å². The van der Waals surface area contributed by atoms with Crippen LogP contribution in [0.3, 0.4) is 0 Å². The van der Waals surface area contributed by atoms with Gasteiger partial charge in [0.05, 0.1) is 0 Å². The maximum Gasteiger partial charge on any atom is 0.132 e. The molecule has 1 aliphatic rings. The zero-order valence-corrected chi connectivity index (χ0v) is 13.4. The van der Waals surface area contributed by atoms with Crippen LogP contribution in [0.5, 0.6) is 0 Å². The van der Waals surface area contributed by atoms with Crippen LogP contribution in [-0.4, -0.2) is 4.57 Å². The Balaban J connectivity index is 2.36. The Labute approximate surface area is 132 Å². The summed E-state index contributed by atoms with van der Waals surface area (Å²) in [5.74, 6) is 0. The lowest BCUT2D eigenvalue weighted by Gasteiger charge is -2.30. The van der Waals surface area contributed by atoms with Crippen LogP contribution < -0.4 is 0 Å². The van der Waals surface area contributed by atoms with Gasteiger partial charge in [-0.1, -0.05) is 26.0 Å². The number of aromatic nitrogens is 1. The van der Waals surface area contributed by atoms with Crippen molar-refractivity contribution in [3.63, 3.8) is 0 Å². The Morgan fingerprint density at radius 1 is 1.27 bits per heavy atom. The van der Waals surface area contributed by atoms with Crippen molar-refractivity contribution in [1.82, 2.24) is 4.57 Å². The first-order chi connectivity index (χ1) is 10.5. The highest BCUT2D eigenvalue weighted by atomic mass is 14.9. The van der Waals surface area contributed by atoms with E-state index in [1.807, 2.05) is 24.3 Å². The minimum atomic E-state index is 0.0649. The Morgan fingerprint density at radius 2 is 2.00 bits per heavy atom. The molecule has 0 saturated carbocycles. The molecule has 1 heterocycles. The lowest BCUT2D eigenvalue weighted by atomic mass is 9.74. The molecule has 3 heteroatoms. The van der Waals surface area contributed by atoms with E-state index in [4.69, 9.17) is 10.5 Å². The standard InChI is InChI=1S/C19H21N3/c1-4-22-9-5-6-18(22)8-7-15-10-16(17(13-20)14-21)12-19(2,3)11-15/h5-10H,4,11-12H2,1-3H3/b8-7+. The quantitative estimate of drug-likeness (QED) is 0.763. The van der Waals surface area contributed by atoms with Gasteiger partial charge in [0, 0.05) is 18.4 Å². The fraction of sp³-hybridized carbons (Fsp3) is 0.368. The zero-order chi connectivity index (χ0) is 16.2. The van der Waals surface area contributed by atoms with E-state index in [0.29, 0.717) is 0 Å². The molecule has 22 heavy (non-hydrogen) atoms. The Bertz CT molecular complexity index is 711. The van der Waals surface area contributed by atoms with Gasteiger partial charge in [-0.3, -0.25) is 0 Å². The third-order valence-electron chi connectivity index (χ3n) is 3.93. The number of rotatable bonds is 3. The Hall–Kier alpha value is -2.52. The third-order valence-corrected chi connectivity index (χ3v) is 3.93. The lowest BCUT2D eigenvalue weighted by molar-refractivity contribution is 0.354. The summed E-state index contributed by atoms with van der Waals surface area (Å²) >= 11 is 0. The van der Waals surface area contributed by atoms with Gasteiger partial charge in [-0.2, -0.15) is 10.5 Å². The van der Waals surface area contributed by atoms with Crippen LogP contribution in [0, 0.1) is 28.1 Å². The number of hydrogen-bond donors (Lipinski definition) is 0. The SMILES string of the molecule is CCn1cccc1/C=C/C1=CC(=C(C#N)C#N)CC(C)(C)C1. The van der Waals surface area contributed by atoms with E-state index in [0.717, 1.165) is 36.2 Å². The second-order valence-corrected chi connectivity index (χ2v) is 6.41. The highest BCUT2D eigenvalue weighted by Crippen LogP contribution is 2.39. The average molecular weight is 291 g/mol. The molecule has 1 aromatic heterocycles. The van der Waals surface area contributed by atoms with Gasteiger partial charge in [-0.15, -0.1) is 0 Å². The zero-order valence-electron chi connectivity index (χ0n) is 13.4. The number of nitrogens with zero attached hydrogens (tertiary/aromatic N) is 3. The molecule has 0 spiro atoms. The molecule has 1 aliphatic carbocycles. The second-order valence-electron chi connectivity index (χ2n) is 6.41. The normalized spacial score (nSPS) is 17.0. The molecule has 0 unspecified atom stereocenters. The average Bonchev–Trinajstić information content (AvgIpc) is 2.92. The van der Waals surface area contributed by atoms with Crippen molar-refractivity contribution in [2.75, 3.05) is 0 Å². The van der Waals surface area contributed by atoms with Crippen molar-refractivity contribution in [2.45, 2.75) is 40.2 Å². The molecule has 2 rings (SSSR count). The molecule has 0 N–H and O–H groups in total. The summed E-state index contributed by atoms with van der Waals surface area (Å²) in [4.78, 5) is 0. The van der Waals surface area contributed by atoms with Crippen molar-refractivity contribution in [3.8, 4) is 12.1 Å². The molecule has 0 aliphatic heterocycles. The summed E-state index contributed by atoms with van der Waals surface area (Å²) in [6, 6.07) is 8.15. The summed E-state index contributed by atoms with van der Waals surface area (Å²) in [7, 11) is 0. The van der Waals surface area contributed by atoms with Crippen molar-refractivity contribution in [2.24, 2.45) is 5.41 Å². The molecule has 0 radical (unpaired) electrons. The van der Waals surface area contributed by atoms with Crippen LogP contribution in [0.4, 0.5) is 0 Å². The largest absolute Gasteiger partial charge is 0.348 e. The van der Waals surface area contributed by atoms with Gasteiger partial charge in [0.1, 0.15) is 17.7 Å². The summed E-state index contributed by atoms with van der Waals surface area (Å²) in [6.45, 7) is 7.41. The highest BCUT2D eigenvalue weighted by molar-refractivity contribution is 5.54. The molecule has 0 aromatic carbocycles. The summed E-state index contributed by atoms with van der Waals surface area (Å²) < 4.78 is 2.18. The molecular formula is C19H21N3. The first kappa shape index (κ1) is 15.9. The fourth-order valence-corrected chi connectivity index (χ4v) is 2.95. The minimum absolute atomic E-state index is 0.0649. The smallest absolute Gasteiger partial charge is 0.132 e. The number of aryl methyl sites for hydroxylation is 1. The van der Waals surface area contributed by atoms with Gasteiger partial charge >= 0.3 is 0 Å². The van der Waals surface area contributed by atoms with Gasteiger partial charge in [0.25, 0.3) is 0 Å². The van der Waals surface area contributed by atoms with E-state index in [9.17, 15) is 0 Å². The lowest BCUT2D eigenvalue weighted by Crippen LogP contribution is -2.17. The third kappa shape index (κ3) is 3.57. The molecule has 0 bridgehead atoms. The Morgan fingerprint density at radius 3 is 2.64 bits per heavy atom. The molecule has 0 atom stereocenters. The van der Waals surface area contributed by atoms with Gasteiger partial charge in [0.15, 0.2) is 0 Å². The first-order valence-corrected chi connectivity index (χ1v) is 7.56. The summed E-state index contributed by atoms with van der Waals surface area (Å²) in [5.41, 5.74) is 3.48. The van der Waals surface area contributed by atoms with Crippen molar-refractivity contribution < 1.29 is 0 Å². The van der Waals surface area contributed by atoms with E-state index >= 15 is 0 Å². The minimum Gasteiger partial charge on any atom is -0.348 e. The number of hydrogen-bond acceptors (Lipinski definition) is 2. The van der Waals surface area contributed by atoms with Crippen LogP contribution in [0.1, 0.15) is 39.3 Å². The topological polar surface area (TPSA) is 52.5 Å². The fourth-order valence-electron chi connectivity index (χ4n) is 2.95. The molecule has 0 amide bonds. The second kappa shape index (κ2) is 6.50. The summed E-state index contributed by atoms with van der Waals surface area (Å²) in [5, 5.41) is 18.2. The molecular weight excluding hydrogens is 270 g/mol. The molecule has 1 aromatic rings. The van der Waals surface area contributed by atoms with Crippen LogP contribution in [0.2, 0.25) is 0 Å². The molecule has 112 valence electrons. The van der Waals surface area contributed by atoms with E-state index in [-0.39, 0.29) is 11.0 Å². The summed E-state index contributed by atoms with van der Waals surface area (Å²) in [6.07, 6.45) is 9.99. The Kier molecular flexibility index (Phi) is 4.68. The van der Waals surface area contributed by atoms with Crippen LogP contribution in [0.15, 0.2) is 47.2 Å². The van der Waals surface area contributed by atoms with Crippen LogP contribution in [-0.2, 0) is 6.54 Å². The first-order valence-electron chi connectivity index (χ1n) is 7.56. The van der Waals surface area contributed by atoms with E-state index < -0.39 is 0 Å². The van der Waals surface area contributed by atoms with E-state index in [1.165, 1.54) is 0 Å². The van der Waals surface area contributed by atoms with Crippen LogP contribution >= 0.6 is 0 Å². The molecule has 3 nitrogen and oxygen atoms in total. The predicted octanol–water partition coefficient (Wildman–Crippen LogP) is 4.61.